The van der Waals surface area contributed by atoms with E-state index in [1.165, 1.54) is 12.8 Å². The monoisotopic (exact) mass is 201 g/mol. The summed E-state index contributed by atoms with van der Waals surface area (Å²) in [4.78, 5) is 0. The Hall–Kier alpha value is -0.0800. The predicted molar refractivity (Wildman–Crippen MR) is 62.6 cm³/mol. The van der Waals surface area contributed by atoms with Crippen molar-refractivity contribution < 1.29 is 4.74 Å². The summed E-state index contributed by atoms with van der Waals surface area (Å²) < 4.78 is 5.54. The number of nitrogens with one attached hydrogen (secondary N) is 1. The fourth-order valence-corrected chi connectivity index (χ4v) is 1.41. The number of ether oxygens (including phenoxy) is 1. The van der Waals surface area contributed by atoms with E-state index < -0.39 is 0 Å². The fourth-order valence-electron chi connectivity index (χ4n) is 1.41. The zero-order valence-corrected chi connectivity index (χ0v) is 10.5. The van der Waals surface area contributed by atoms with Crippen LogP contribution in [0.25, 0.3) is 0 Å². The van der Waals surface area contributed by atoms with E-state index in [1.54, 1.807) is 0 Å². The van der Waals surface area contributed by atoms with Crippen molar-refractivity contribution in [2.24, 2.45) is 5.92 Å². The summed E-state index contributed by atoms with van der Waals surface area (Å²) in [5, 5.41) is 3.35. The van der Waals surface area contributed by atoms with E-state index in [-0.39, 0.29) is 0 Å². The Labute approximate surface area is 89.4 Å². The predicted octanol–water partition coefficient (Wildman–Crippen LogP) is 2.83. The molecule has 0 aromatic rings. The zero-order valence-electron chi connectivity index (χ0n) is 10.5. The molecule has 0 aromatic heterocycles. The van der Waals surface area contributed by atoms with Gasteiger partial charge in [0.2, 0.25) is 0 Å². The van der Waals surface area contributed by atoms with Gasteiger partial charge in [-0.05, 0) is 46.1 Å². The van der Waals surface area contributed by atoms with Gasteiger partial charge in [0.25, 0.3) is 0 Å². The highest BCUT2D eigenvalue weighted by molar-refractivity contribution is 4.65. The first-order valence-electron chi connectivity index (χ1n) is 5.85. The molecule has 0 saturated carbocycles. The van der Waals surface area contributed by atoms with Gasteiger partial charge in [0.15, 0.2) is 0 Å². The van der Waals surface area contributed by atoms with Crippen LogP contribution in [0.1, 0.15) is 47.0 Å². The molecule has 0 aliphatic carbocycles. The van der Waals surface area contributed by atoms with Crippen LogP contribution in [-0.4, -0.2) is 25.8 Å². The average Bonchev–Trinajstić information content (AvgIpc) is 2.10. The Morgan fingerprint density at radius 1 is 1.00 bits per heavy atom. The summed E-state index contributed by atoms with van der Waals surface area (Å²) in [6.45, 7) is 9.60. The lowest BCUT2D eigenvalue weighted by atomic mass is 10.0. The lowest BCUT2D eigenvalue weighted by molar-refractivity contribution is 0.0711. The molecule has 0 fully saturated rings. The second-order valence-electron chi connectivity index (χ2n) is 4.67. The molecule has 0 aromatic carbocycles. The molecular formula is C12H27NO. The van der Waals surface area contributed by atoms with E-state index in [1.807, 2.05) is 7.05 Å². The summed E-state index contributed by atoms with van der Waals surface area (Å²) in [5.41, 5.74) is 0. The van der Waals surface area contributed by atoms with Crippen LogP contribution >= 0.6 is 0 Å². The molecule has 1 atom stereocenters. The van der Waals surface area contributed by atoms with Gasteiger partial charge in [0.05, 0.1) is 6.10 Å². The Bertz CT molecular complexity index is 123. The summed E-state index contributed by atoms with van der Waals surface area (Å²) in [5.74, 6) is 0.803. The molecule has 0 bridgehead atoms. The standard InChI is InChI=1S/C12H27NO/c1-10(2)6-7-12(13-5)8-9-14-11(3)4/h10-13H,6-9H2,1-5H3. The second-order valence-corrected chi connectivity index (χ2v) is 4.67. The molecule has 14 heavy (non-hydrogen) atoms. The summed E-state index contributed by atoms with van der Waals surface area (Å²) >= 11 is 0. The summed E-state index contributed by atoms with van der Waals surface area (Å²) in [6.07, 6.45) is 4.04. The van der Waals surface area contributed by atoms with Gasteiger partial charge in [-0.1, -0.05) is 13.8 Å². The molecule has 0 aliphatic heterocycles. The van der Waals surface area contributed by atoms with Crippen LogP contribution in [0.15, 0.2) is 0 Å². The largest absolute Gasteiger partial charge is 0.379 e. The molecule has 0 saturated heterocycles. The molecule has 0 radical (unpaired) electrons. The Kier molecular flexibility index (Phi) is 8.20. The van der Waals surface area contributed by atoms with Gasteiger partial charge in [-0.25, -0.2) is 0 Å². The second kappa shape index (κ2) is 8.25. The van der Waals surface area contributed by atoms with Gasteiger partial charge in [0.1, 0.15) is 0 Å². The van der Waals surface area contributed by atoms with Crippen molar-refractivity contribution in [3.63, 3.8) is 0 Å². The highest BCUT2D eigenvalue weighted by Gasteiger charge is 2.07. The molecule has 2 nitrogen and oxygen atoms in total. The minimum Gasteiger partial charge on any atom is -0.379 e. The molecule has 1 unspecified atom stereocenters. The molecule has 1 N–H and O–H groups in total. The highest BCUT2D eigenvalue weighted by atomic mass is 16.5. The van der Waals surface area contributed by atoms with E-state index in [4.69, 9.17) is 4.74 Å². The van der Waals surface area contributed by atoms with Crippen molar-refractivity contribution in [1.29, 1.82) is 0 Å². The molecule has 0 heterocycles. The van der Waals surface area contributed by atoms with E-state index in [9.17, 15) is 0 Å². The van der Waals surface area contributed by atoms with Crippen molar-refractivity contribution in [3.8, 4) is 0 Å². The normalized spacial score (nSPS) is 13.9. The maximum atomic E-state index is 5.54. The third-order valence-corrected chi connectivity index (χ3v) is 2.42. The smallest absolute Gasteiger partial charge is 0.0518 e. The highest BCUT2D eigenvalue weighted by Crippen LogP contribution is 2.09. The lowest BCUT2D eigenvalue weighted by Crippen LogP contribution is -2.27. The van der Waals surface area contributed by atoms with E-state index >= 15 is 0 Å². The quantitative estimate of drug-likeness (QED) is 0.652. The third-order valence-electron chi connectivity index (χ3n) is 2.42. The van der Waals surface area contributed by atoms with Crippen molar-refractivity contribution >= 4 is 0 Å². The Morgan fingerprint density at radius 2 is 1.64 bits per heavy atom. The number of hydrogen-bond acceptors (Lipinski definition) is 2. The molecular weight excluding hydrogens is 174 g/mol. The van der Waals surface area contributed by atoms with Crippen LogP contribution in [0.3, 0.4) is 0 Å². The lowest BCUT2D eigenvalue weighted by Gasteiger charge is -2.18. The van der Waals surface area contributed by atoms with Crippen LogP contribution in [0.5, 0.6) is 0 Å². The van der Waals surface area contributed by atoms with Gasteiger partial charge < -0.3 is 10.1 Å². The number of rotatable bonds is 8. The van der Waals surface area contributed by atoms with E-state index in [2.05, 4.69) is 33.0 Å². The van der Waals surface area contributed by atoms with E-state index in [0.717, 1.165) is 18.9 Å². The van der Waals surface area contributed by atoms with Crippen molar-refractivity contribution in [2.45, 2.75) is 59.1 Å². The summed E-state index contributed by atoms with van der Waals surface area (Å²) in [7, 11) is 2.04. The van der Waals surface area contributed by atoms with Gasteiger partial charge >= 0.3 is 0 Å². The topological polar surface area (TPSA) is 21.3 Å². The van der Waals surface area contributed by atoms with Crippen LogP contribution in [0, 0.1) is 5.92 Å². The summed E-state index contributed by atoms with van der Waals surface area (Å²) in [6, 6.07) is 0.621. The molecule has 0 spiro atoms. The van der Waals surface area contributed by atoms with E-state index in [0.29, 0.717) is 12.1 Å². The van der Waals surface area contributed by atoms with Crippen molar-refractivity contribution in [1.82, 2.24) is 5.32 Å². The van der Waals surface area contributed by atoms with Crippen LogP contribution in [-0.2, 0) is 4.74 Å². The molecule has 0 aliphatic rings. The molecule has 86 valence electrons. The van der Waals surface area contributed by atoms with Crippen LogP contribution < -0.4 is 5.32 Å². The van der Waals surface area contributed by atoms with Gasteiger partial charge in [-0.2, -0.15) is 0 Å². The first-order chi connectivity index (χ1) is 6.56. The van der Waals surface area contributed by atoms with Gasteiger partial charge in [-0.3, -0.25) is 0 Å². The Morgan fingerprint density at radius 3 is 2.07 bits per heavy atom. The first-order valence-corrected chi connectivity index (χ1v) is 5.85. The SMILES string of the molecule is CNC(CCOC(C)C)CCC(C)C. The minimum absolute atomic E-state index is 0.359. The third kappa shape index (κ3) is 8.52. The molecule has 2 heteroatoms. The fraction of sp³-hybridized carbons (Fsp3) is 1.00. The van der Waals surface area contributed by atoms with Crippen LogP contribution in [0.2, 0.25) is 0 Å². The Balaban J connectivity index is 3.48. The average molecular weight is 201 g/mol. The first kappa shape index (κ1) is 13.9. The number of hydrogen-bond donors (Lipinski definition) is 1. The van der Waals surface area contributed by atoms with Crippen LogP contribution in [0.4, 0.5) is 0 Å². The molecule has 0 amide bonds. The van der Waals surface area contributed by atoms with Crippen molar-refractivity contribution in [2.75, 3.05) is 13.7 Å². The van der Waals surface area contributed by atoms with Crippen molar-refractivity contribution in [3.05, 3.63) is 0 Å². The maximum absolute atomic E-state index is 5.54. The van der Waals surface area contributed by atoms with Gasteiger partial charge in [-0.15, -0.1) is 0 Å². The minimum atomic E-state index is 0.359. The van der Waals surface area contributed by atoms with Gasteiger partial charge in [0, 0.05) is 12.6 Å². The molecule has 0 rings (SSSR count). The zero-order chi connectivity index (χ0) is 11.0. The maximum Gasteiger partial charge on any atom is 0.0518 e.